The molecule has 2 saturated carbocycles. The Balaban J connectivity index is 1.25. The zero-order valence-corrected chi connectivity index (χ0v) is 24.8. The van der Waals surface area contributed by atoms with Crippen molar-refractivity contribution in [1.29, 1.82) is 0 Å². The highest BCUT2D eigenvalue weighted by Gasteiger charge is 2.41. The van der Waals surface area contributed by atoms with E-state index in [1.165, 1.54) is 62.1 Å². The van der Waals surface area contributed by atoms with E-state index in [9.17, 15) is 17.6 Å². The third-order valence-electron chi connectivity index (χ3n) is 9.09. The van der Waals surface area contributed by atoms with Crippen molar-refractivity contribution in [3.8, 4) is 16.9 Å². The molecule has 43 heavy (non-hydrogen) atoms. The molecule has 0 unspecified atom stereocenters. The minimum absolute atomic E-state index is 0.0569. The third-order valence-corrected chi connectivity index (χ3v) is 9.18. The summed E-state index contributed by atoms with van der Waals surface area (Å²) in [6.07, 6.45) is 9.41. The number of isothiocyanates is 1. The van der Waals surface area contributed by atoms with E-state index in [1.54, 1.807) is 6.07 Å². The molecule has 0 atom stereocenters. The Labute approximate surface area is 254 Å². The van der Waals surface area contributed by atoms with E-state index in [4.69, 9.17) is 0 Å². The van der Waals surface area contributed by atoms with Gasteiger partial charge < -0.3 is 4.74 Å². The number of hydrogen-bond donors (Lipinski definition) is 0. The van der Waals surface area contributed by atoms with Gasteiger partial charge in [0.05, 0.1) is 10.8 Å². The summed E-state index contributed by atoms with van der Waals surface area (Å²) in [6, 6.07) is 11.1. The van der Waals surface area contributed by atoms with Gasteiger partial charge in [-0.1, -0.05) is 24.3 Å². The minimum atomic E-state index is -4.32. The average Bonchev–Trinajstić information content (AvgIpc) is 2.98. The number of rotatable bonds is 8. The molecule has 3 aromatic carbocycles. The molecule has 0 heterocycles. The first-order valence-corrected chi connectivity index (χ1v) is 15.3. The SMILES string of the molecule is C/C=C/C1CCC(C2CCC(c3ccc(-c4cc(F)c(C(F)(F)Oc5ccc(N=C=S)cc5)c(F)c4)c(F)c3)CC2)CC1. The molecule has 0 spiro atoms. The Morgan fingerprint density at radius 2 is 1.42 bits per heavy atom. The molecule has 0 amide bonds. The Morgan fingerprint density at radius 1 is 0.814 bits per heavy atom. The van der Waals surface area contributed by atoms with Gasteiger partial charge in [0.2, 0.25) is 0 Å². The maximum absolute atomic E-state index is 15.3. The Bertz CT molecular complexity index is 1480. The van der Waals surface area contributed by atoms with E-state index in [-0.39, 0.29) is 22.8 Å². The van der Waals surface area contributed by atoms with E-state index >= 15 is 4.39 Å². The second kappa shape index (κ2) is 13.5. The molecular formula is C35H34F5NOS. The maximum atomic E-state index is 15.3. The summed E-state index contributed by atoms with van der Waals surface area (Å²) in [4.78, 5) is 3.70. The van der Waals surface area contributed by atoms with Crippen LogP contribution in [0.3, 0.4) is 0 Å². The molecule has 8 heteroatoms. The molecule has 0 aliphatic heterocycles. The summed E-state index contributed by atoms with van der Waals surface area (Å²) < 4.78 is 79.5. The molecule has 2 aliphatic carbocycles. The van der Waals surface area contributed by atoms with Crippen molar-refractivity contribution in [3.63, 3.8) is 0 Å². The van der Waals surface area contributed by atoms with Gasteiger partial charge in [0.25, 0.3) is 0 Å². The van der Waals surface area contributed by atoms with Crippen molar-refractivity contribution in [2.75, 3.05) is 0 Å². The van der Waals surface area contributed by atoms with Crippen LogP contribution in [0.2, 0.25) is 0 Å². The normalized spacial score (nSPS) is 22.7. The highest BCUT2D eigenvalue weighted by atomic mass is 32.1. The topological polar surface area (TPSA) is 21.6 Å². The summed E-state index contributed by atoms with van der Waals surface area (Å²) in [6.45, 7) is 2.08. The molecular weight excluding hydrogens is 577 g/mol. The summed E-state index contributed by atoms with van der Waals surface area (Å²) >= 11 is 4.49. The van der Waals surface area contributed by atoms with Crippen molar-refractivity contribution in [3.05, 3.63) is 95.3 Å². The zero-order chi connectivity index (χ0) is 30.6. The number of alkyl halides is 2. The maximum Gasteiger partial charge on any atom is 0.432 e. The van der Waals surface area contributed by atoms with Crippen LogP contribution in [0.15, 0.2) is 71.7 Å². The van der Waals surface area contributed by atoms with Crippen LogP contribution in [0.4, 0.5) is 27.6 Å². The monoisotopic (exact) mass is 611 g/mol. The first kappa shape index (κ1) is 31.1. The van der Waals surface area contributed by atoms with E-state index in [0.29, 0.717) is 29.7 Å². The lowest BCUT2D eigenvalue weighted by atomic mass is 9.68. The zero-order valence-electron chi connectivity index (χ0n) is 24.0. The van der Waals surface area contributed by atoms with Gasteiger partial charge in [0.1, 0.15) is 28.8 Å². The third kappa shape index (κ3) is 7.25. The molecule has 0 aromatic heterocycles. The van der Waals surface area contributed by atoms with Crippen LogP contribution in [-0.2, 0) is 6.11 Å². The summed E-state index contributed by atoms with van der Waals surface area (Å²) in [5.41, 5.74) is -0.569. The number of hydrogen-bond acceptors (Lipinski definition) is 3. The molecule has 0 N–H and O–H groups in total. The molecule has 0 saturated heterocycles. The van der Waals surface area contributed by atoms with Crippen LogP contribution < -0.4 is 4.74 Å². The molecule has 2 aliphatic rings. The number of halogens is 5. The highest BCUT2D eigenvalue weighted by molar-refractivity contribution is 7.78. The quantitative estimate of drug-likeness (QED) is 0.109. The molecule has 2 nitrogen and oxygen atoms in total. The van der Waals surface area contributed by atoms with Gasteiger partial charge in [-0.3, -0.25) is 0 Å². The van der Waals surface area contributed by atoms with Crippen molar-refractivity contribution >= 4 is 23.1 Å². The predicted molar refractivity (Wildman–Crippen MR) is 162 cm³/mol. The Hall–Kier alpha value is -3.35. The molecule has 0 radical (unpaired) electrons. The van der Waals surface area contributed by atoms with E-state index in [0.717, 1.165) is 37.2 Å². The Kier molecular flexibility index (Phi) is 9.78. The lowest BCUT2D eigenvalue weighted by Crippen LogP contribution is -2.25. The minimum Gasteiger partial charge on any atom is -0.429 e. The van der Waals surface area contributed by atoms with Gasteiger partial charge >= 0.3 is 6.11 Å². The number of ether oxygens (including phenoxy) is 1. The average molecular weight is 612 g/mol. The molecule has 3 aromatic rings. The predicted octanol–water partition coefficient (Wildman–Crippen LogP) is 11.3. The molecule has 5 rings (SSSR count). The van der Waals surface area contributed by atoms with Gasteiger partial charge in [-0.15, -0.1) is 0 Å². The number of benzene rings is 3. The number of nitrogens with zero attached hydrogens (tertiary/aromatic N) is 1. The van der Waals surface area contributed by atoms with Crippen LogP contribution in [0.5, 0.6) is 5.75 Å². The molecule has 2 fully saturated rings. The fourth-order valence-corrected chi connectivity index (χ4v) is 6.98. The number of allylic oxidation sites excluding steroid dienone is 2. The van der Waals surface area contributed by atoms with Crippen LogP contribution in [0.1, 0.15) is 75.3 Å². The van der Waals surface area contributed by atoms with Crippen molar-refractivity contribution in [1.82, 2.24) is 0 Å². The number of aliphatic imine (C=N–C) groups is 1. The van der Waals surface area contributed by atoms with Gasteiger partial charge in [-0.25, -0.2) is 13.2 Å². The van der Waals surface area contributed by atoms with Crippen LogP contribution in [-0.4, -0.2) is 5.16 Å². The largest absolute Gasteiger partial charge is 0.432 e. The van der Waals surface area contributed by atoms with Crippen molar-refractivity contribution < 1.29 is 26.7 Å². The first-order chi connectivity index (χ1) is 20.7. The van der Waals surface area contributed by atoms with E-state index < -0.39 is 29.1 Å². The fourth-order valence-electron chi connectivity index (χ4n) is 6.87. The van der Waals surface area contributed by atoms with Gasteiger partial charge in [-0.05, 0) is 148 Å². The van der Waals surface area contributed by atoms with Gasteiger partial charge in [0, 0.05) is 5.56 Å². The van der Waals surface area contributed by atoms with E-state index in [2.05, 4.69) is 46.2 Å². The van der Waals surface area contributed by atoms with Crippen molar-refractivity contribution in [2.45, 2.75) is 70.3 Å². The summed E-state index contributed by atoms with van der Waals surface area (Å²) in [7, 11) is 0. The lowest BCUT2D eigenvalue weighted by Gasteiger charge is -2.37. The fraction of sp³-hybridized carbons (Fsp3) is 0.400. The Morgan fingerprint density at radius 3 is 1.98 bits per heavy atom. The van der Waals surface area contributed by atoms with Crippen LogP contribution in [0, 0.1) is 35.2 Å². The number of thiocarbonyl (C=S) groups is 1. The molecule has 226 valence electrons. The highest BCUT2D eigenvalue weighted by Crippen LogP contribution is 2.45. The first-order valence-electron chi connectivity index (χ1n) is 14.9. The second-order valence-electron chi connectivity index (χ2n) is 11.7. The summed E-state index contributed by atoms with van der Waals surface area (Å²) in [5.74, 6) is -1.64. The van der Waals surface area contributed by atoms with Crippen LogP contribution in [0.25, 0.3) is 11.1 Å². The second-order valence-corrected chi connectivity index (χ2v) is 11.9. The van der Waals surface area contributed by atoms with Crippen LogP contribution >= 0.6 is 12.2 Å². The smallest absolute Gasteiger partial charge is 0.429 e. The van der Waals surface area contributed by atoms with Gasteiger partial charge in [-0.2, -0.15) is 13.8 Å². The lowest BCUT2D eigenvalue weighted by molar-refractivity contribution is -0.189. The molecule has 0 bridgehead atoms. The van der Waals surface area contributed by atoms with E-state index in [1.807, 2.05) is 0 Å². The van der Waals surface area contributed by atoms with Crippen molar-refractivity contribution in [2.24, 2.45) is 22.7 Å². The standard InChI is InChI=1S/C35H34F5NOS/c1-2-3-22-4-6-23(7-5-22)24-8-10-25(11-9-24)26-12-17-30(31(36)18-26)27-19-32(37)34(33(38)20-27)35(39,40)42-29-15-13-28(14-16-29)41-21-43/h2-3,12-20,22-25H,4-11H2,1H3/b3-2+. The van der Waals surface area contributed by atoms with Gasteiger partial charge in [0.15, 0.2) is 0 Å². The summed E-state index contributed by atoms with van der Waals surface area (Å²) in [5, 5.41) is 2.14.